The number of anilines is 1. The number of aromatic nitrogens is 5. The Morgan fingerprint density at radius 1 is 1.21 bits per heavy atom. The minimum absolute atomic E-state index is 0.184. The summed E-state index contributed by atoms with van der Waals surface area (Å²) in [5, 5.41) is 9.18. The van der Waals surface area contributed by atoms with Crippen molar-refractivity contribution in [2.24, 2.45) is 13.0 Å². The summed E-state index contributed by atoms with van der Waals surface area (Å²) in [6.07, 6.45) is 4.33. The molecule has 0 aliphatic heterocycles. The lowest BCUT2D eigenvalue weighted by Gasteiger charge is -2.21. The normalized spacial score (nSPS) is 15.7. The molecule has 4 rings (SSSR count). The standard InChI is InChI=1S/C18H22N6/c1-10-6-5-9-19-15(10)16(13-7-8-13)22-17-14-11(2)23-24(4)18(14)21-12(3)20-17/h5-6,9,13,16H,7-8H2,1-4H3,(H,20,21,22)/t16-/m0/s1. The molecule has 0 saturated heterocycles. The van der Waals surface area contributed by atoms with Gasteiger partial charge >= 0.3 is 0 Å². The van der Waals surface area contributed by atoms with E-state index in [-0.39, 0.29) is 6.04 Å². The van der Waals surface area contributed by atoms with E-state index in [0.29, 0.717) is 5.92 Å². The van der Waals surface area contributed by atoms with Crippen molar-refractivity contribution >= 4 is 16.9 Å². The van der Waals surface area contributed by atoms with E-state index in [1.165, 1.54) is 18.4 Å². The number of pyridine rings is 1. The van der Waals surface area contributed by atoms with E-state index in [4.69, 9.17) is 0 Å². The molecule has 0 amide bonds. The lowest BCUT2D eigenvalue weighted by Crippen LogP contribution is -2.17. The molecule has 0 spiro atoms. The average Bonchev–Trinajstić information content (AvgIpc) is 3.33. The molecule has 124 valence electrons. The van der Waals surface area contributed by atoms with Crippen LogP contribution in [0.5, 0.6) is 0 Å². The number of hydrogen-bond acceptors (Lipinski definition) is 5. The maximum atomic E-state index is 4.68. The van der Waals surface area contributed by atoms with Crippen LogP contribution in [-0.2, 0) is 7.05 Å². The smallest absolute Gasteiger partial charge is 0.163 e. The van der Waals surface area contributed by atoms with Crippen LogP contribution in [0, 0.1) is 26.7 Å². The highest BCUT2D eigenvalue weighted by Gasteiger charge is 2.35. The van der Waals surface area contributed by atoms with E-state index in [0.717, 1.165) is 34.1 Å². The van der Waals surface area contributed by atoms with Crippen molar-refractivity contribution < 1.29 is 0 Å². The van der Waals surface area contributed by atoms with Gasteiger partial charge in [0.1, 0.15) is 11.6 Å². The zero-order valence-corrected chi connectivity index (χ0v) is 14.5. The van der Waals surface area contributed by atoms with Crippen molar-refractivity contribution in [2.75, 3.05) is 5.32 Å². The number of rotatable bonds is 4. The van der Waals surface area contributed by atoms with Gasteiger partial charge in [0.15, 0.2) is 5.65 Å². The molecule has 1 aliphatic rings. The van der Waals surface area contributed by atoms with E-state index >= 15 is 0 Å². The van der Waals surface area contributed by atoms with Crippen LogP contribution in [0.15, 0.2) is 18.3 Å². The van der Waals surface area contributed by atoms with Crippen LogP contribution in [-0.4, -0.2) is 24.7 Å². The molecule has 1 atom stereocenters. The molecule has 1 fully saturated rings. The highest BCUT2D eigenvalue weighted by atomic mass is 15.3. The topological polar surface area (TPSA) is 68.5 Å². The fraction of sp³-hybridized carbons (Fsp3) is 0.444. The average molecular weight is 322 g/mol. The molecule has 3 aromatic rings. The zero-order valence-electron chi connectivity index (χ0n) is 14.5. The zero-order chi connectivity index (χ0) is 16.8. The van der Waals surface area contributed by atoms with E-state index in [2.05, 4.69) is 38.4 Å². The van der Waals surface area contributed by atoms with Crippen LogP contribution in [0.25, 0.3) is 11.0 Å². The third kappa shape index (κ3) is 2.52. The quantitative estimate of drug-likeness (QED) is 0.798. The van der Waals surface area contributed by atoms with E-state index in [9.17, 15) is 0 Å². The number of nitrogens with one attached hydrogen (secondary N) is 1. The van der Waals surface area contributed by atoms with Crippen LogP contribution < -0.4 is 5.32 Å². The van der Waals surface area contributed by atoms with Crippen molar-refractivity contribution in [3.05, 3.63) is 41.1 Å². The van der Waals surface area contributed by atoms with Gasteiger partial charge in [-0.25, -0.2) is 9.97 Å². The van der Waals surface area contributed by atoms with Crippen LogP contribution in [0.4, 0.5) is 5.82 Å². The molecule has 0 aromatic carbocycles. The molecule has 3 heterocycles. The number of hydrogen-bond donors (Lipinski definition) is 1. The van der Waals surface area contributed by atoms with Crippen LogP contribution in [0.3, 0.4) is 0 Å². The Morgan fingerprint density at radius 3 is 2.71 bits per heavy atom. The Morgan fingerprint density at radius 2 is 2.00 bits per heavy atom. The van der Waals surface area contributed by atoms with E-state index in [1.54, 1.807) is 0 Å². The maximum Gasteiger partial charge on any atom is 0.163 e. The summed E-state index contributed by atoms with van der Waals surface area (Å²) in [7, 11) is 1.92. The van der Waals surface area contributed by atoms with Crippen molar-refractivity contribution in [1.82, 2.24) is 24.7 Å². The number of aryl methyl sites for hydroxylation is 4. The van der Waals surface area contributed by atoms with E-state index in [1.807, 2.05) is 37.8 Å². The Hall–Kier alpha value is -2.50. The Kier molecular flexibility index (Phi) is 3.48. The third-order valence-electron chi connectivity index (χ3n) is 4.70. The van der Waals surface area contributed by atoms with Gasteiger partial charge in [0.25, 0.3) is 0 Å². The molecule has 1 saturated carbocycles. The van der Waals surface area contributed by atoms with Gasteiger partial charge in [-0.2, -0.15) is 5.10 Å². The first-order valence-corrected chi connectivity index (χ1v) is 8.40. The van der Waals surface area contributed by atoms with Crippen LogP contribution in [0.2, 0.25) is 0 Å². The molecule has 0 radical (unpaired) electrons. The second-order valence-electron chi connectivity index (χ2n) is 6.69. The van der Waals surface area contributed by atoms with Crippen molar-refractivity contribution in [2.45, 2.75) is 39.7 Å². The van der Waals surface area contributed by atoms with Gasteiger partial charge in [0, 0.05) is 13.2 Å². The molecule has 1 N–H and O–H groups in total. The molecule has 3 aromatic heterocycles. The highest BCUT2D eigenvalue weighted by Crippen LogP contribution is 2.43. The minimum atomic E-state index is 0.184. The first-order valence-electron chi connectivity index (χ1n) is 8.40. The van der Waals surface area contributed by atoms with Gasteiger partial charge in [-0.3, -0.25) is 9.67 Å². The second-order valence-corrected chi connectivity index (χ2v) is 6.69. The van der Waals surface area contributed by atoms with E-state index < -0.39 is 0 Å². The lowest BCUT2D eigenvalue weighted by molar-refractivity contribution is 0.650. The van der Waals surface area contributed by atoms with Gasteiger partial charge in [-0.15, -0.1) is 0 Å². The summed E-state index contributed by atoms with van der Waals surface area (Å²) in [5.74, 6) is 2.23. The maximum absolute atomic E-state index is 4.68. The largest absolute Gasteiger partial charge is 0.361 e. The number of nitrogens with zero attached hydrogens (tertiary/aromatic N) is 5. The van der Waals surface area contributed by atoms with Gasteiger partial charge in [0.2, 0.25) is 0 Å². The Balaban J connectivity index is 1.81. The molecule has 6 nitrogen and oxygen atoms in total. The lowest BCUT2D eigenvalue weighted by atomic mass is 10.0. The summed E-state index contributed by atoms with van der Waals surface area (Å²) in [6, 6.07) is 4.29. The first kappa shape index (κ1) is 15.1. The summed E-state index contributed by atoms with van der Waals surface area (Å²) >= 11 is 0. The van der Waals surface area contributed by atoms with Crippen LogP contribution in [0.1, 0.15) is 41.7 Å². The summed E-state index contributed by atoms with van der Waals surface area (Å²) in [5.41, 5.74) is 4.15. The van der Waals surface area contributed by atoms with Crippen molar-refractivity contribution in [3.63, 3.8) is 0 Å². The predicted molar refractivity (Wildman–Crippen MR) is 93.8 cm³/mol. The fourth-order valence-corrected chi connectivity index (χ4v) is 3.36. The summed E-state index contributed by atoms with van der Waals surface area (Å²) in [6.45, 7) is 6.05. The van der Waals surface area contributed by atoms with Gasteiger partial charge in [0.05, 0.1) is 22.8 Å². The molecule has 0 bridgehead atoms. The molecule has 0 unspecified atom stereocenters. The molecule has 24 heavy (non-hydrogen) atoms. The Bertz CT molecular complexity index is 909. The molecular weight excluding hydrogens is 300 g/mol. The monoisotopic (exact) mass is 322 g/mol. The second kappa shape index (κ2) is 5.54. The molecule has 1 aliphatic carbocycles. The van der Waals surface area contributed by atoms with Crippen LogP contribution >= 0.6 is 0 Å². The summed E-state index contributed by atoms with van der Waals surface area (Å²) < 4.78 is 1.82. The third-order valence-corrected chi connectivity index (χ3v) is 4.70. The fourth-order valence-electron chi connectivity index (χ4n) is 3.36. The SMILES string of the molecule is Cc1nc(N[C@H](c2ncccc2C)C2CC2)c2c(C)nn(C)c2n1. The number of fused-ring (bicyclic) bond motifs is 1. The predicted octanol–water partition coefficient (Wildman–Crippen LogP) is 3.25. The van der Waals surface area contributed by atoms with Crippen molar-refractivity contribution in [1.29, 1.82) is 0 Å². The Labute approximate surface area is 141 Å². The van der Waals surface area contributed by atoms with Crippen molar-refractivity contribution in [3.8, 4) is 0 Å². The van der Waals surface area contributed by atoms with Gasteiger partial charge in [-0.1, -0.05) is 6.07 Å². The first-order chi connectivity index (χ1) is 11.5. The molecule has 6 heteroatoms. The minimum Gasteiger partial charge on any atom is -0.361 e. The summed E-state index contributed by atoms with van der Waals surface area (Å²) in [4.78, 5) is 13.9. The highest BCUT2D eigenvalue weighted by molar-refractivity contribution is 5.89. The van der Waals surface area contributed by atoms with Gasteiger partial charge in [-0.05, 0) is 51.2 Å². The van der Waals surface area contributed by atoms with Gasteiger partial charge < -0.3 is 5.32 Å². The molecular formula is C18H22N6.